The molecule has 3 aromatic rings. The second kappa shape index (κ2) is 9.23. The predicted octanol–water partition coefficient (Wildman–Crippen LogP) is 0.200. The third kappa shape index (κ3) is 5.25. The van der Waals surface area contributed by atoms with Crippen molar-refractivity contribution in [3.8, 4) is 5.69 Å². The normalized spacial score (nSPS) is 13.8. The molecule has 174 valence electrons. The lowest BCUT2D eigenvalue weighted by Gasteiger charge is -2.22. The first-order valence-electron chi connectivity index (χ1n) is 10.4. The summed E-state index contributed by atoms with van der Waals surface area (Å²) in [5, 5.41) is 11.6. The summed E-state index contributed by atoms with van der Waals surface area (Å²) in [5.74, 6) is 0.592. The summed E-state index contributed by atoms with van der Waals surface area (Å²) in [6.45, 7) is 5.94. The van der Waals surface area contributed by atoms with Gasteiger partial charge in [-0.05, 0) is 45.0 Å². The topological polar surface area (TPSA) is 165 Å². The smallest absolute Gasteiger partial charge is 0.334 e. The highest BCUT2D eigenvalue weighted by Crippen LogP contribution is 2.10. The fourth-order valence-electron chi connectivity index (χ4n) is 3.36. The minimum atomic E-state index is -0.500. The molecule has 0 amide bonds. The molecule has 0 aliphatic carbocycles. The Bertz CT molecular complexity index is 1330. The Balaban J connectivity index is 1.95. The van der Waals surface area contributed by atoms with Crippen molar-refractivity contribution >= 4 is 22.8 Å². The maximum Gasteiger partial charge on any atom is 0.334 e. The minimum absolute atomic E-state index is 0.00545. The quantitative estimate of drug-likeness (QED) is 0.320. The average molecular weight is 451 g/mol. The van der Waals surface area contributed by atoms with Gasteiger partial charge in [-0.3, -0.25) is 24.9 Å². The van der Waals surface area contributed by atoms with Crippen LogP contribution in [0, 0.1) is 5.41 Å². The Morgan fingerprint density at radius 3 is 2.58 bits per heavy atom. The maximum absolute atomic E-state index is 12.9. The van der Waals surface area contributed by atoms with E-state index in [0.29, 0.717) is 34.7 Å². The number of guanidine groups is 1. The van der Waals surface area contributed by atoms with Crippen LogP contribution in [0.25, 0.3) is 16.7 Å². The van der Waals surface area contributed by atoms with Crippen molar-refractivity contribution in [2.24, 2.45) is 28.5 Å². The van der Waals surface area contributed by atoms with Gasteiger partial charge in [0.1, 0.15) is 17.4 Å². The summed E-state index contributed by atoms with van der Waals surface area (Å²) in [5.41, 5.74) is 13.6. The molecule has 0 radical (unpaired) electrons. The number of hydrogen-bond donors (Lipinski definition) is 4. The van der Waals surface area contributed by atoms with Crippen LogP contribution in [0.1, 0.15) is 26.5 Å². The molecule has 0 saturated carbocycles. The average Bonchev–Trinajstić information content (AvgIpc) is 2.76. The zero-order valence-electron chi connectivity index (χ0n) is 19.5. The van der Waals surface area contributed by atoms with E-state index in [4.69, 9.17) is 16.9 Å². The van der Waals surface area contributed by atoms with E-state index >= 15 is 0 Å². The first kappa shape index (κ1) is 23.6. The molecular formula is C22H30N10O. The summed E-state index contributed by atoms with van der Waals surface area (Å²) in [7, 11) is 3.24. The van der Waals surface area contributed by atoms with E-state index in [-0.39, 0.29) is 22.7 Å². The van der Waals surface area contributed by atoms with E-state index in [1.54, 1.807) is 50.8 Å². The molecule has 0 aromatic carbocycles. The van der Waals surface area contributed by atoms with E-state index in [9.17, 15) is 4.79 Å². The maximum atomic E-state index is 12.9. The van der Waals surface area contributed by atoms with Crippen LogP contribution in [-0.4, -0.2) is 49.5 Å². The van der Waals surface area contributed by atoms with Crippen LogP contribution in [-0.2, 0) is 13.5 Å². The summed E-state index contributed by atoms with van der Waals surface area (Å²) >= 11 is 0. The van der Waals surface area contributed by atoms with Gasteiger partial charge in [-0.2, -0.15) is 0 Å². The molecule has 3 heterocycles. The fraction of sp³-hybridized carbons (Fsp3) is 0.364. The predicted molar refractivity (Wildman–Crippen MR) is 130 cm³/mol. The number of amidine groups is 1. The molecule has 0 saturated heterocycles. The van der Waals surface area contributed by atoms with Gasteiger partial charge in [0, 0.05) is 37.9 Å². The number of nitrogens with zero attached hydrogens (tertiary/aromatic N) is 6. The third-order valence-corrected chi connectivity index (χ3v) is 4.94. The molecule has 11 nitrogen and oxygen atoms in total. The van der Waals surface area contributed by atoms with Crippen LogP contribution in [0.4, 0.5) is 0 Å². The zero-order valence-corrected chi connectivity index (χ0v) is 19.5. The highest BCUT2D eigenvalue weighted by atomic mass is 16.1. The Kier molecular flexibility index (Phi) is 6.61. The summed E-state index contributed by atoms with van der Waals surface area (Å²) < 4.78 is 2.73. The number of fused-ring (bicyclic) bond motifs is 1. The van der Waals surface area contributed by atoms with Crippen molar-refractivity contribution in [1.82, 2.24) is 24.4 Å². The van der Waals surface area contributed by atoms with Gasteiger partial charge in [0.2, 0.25) is 0 Å². The number of pyridine rings is 2. The van der Waals surface area contributed by atoms with Gasteiger partial charge in [-0.1, -0.05) is 0 Å². The van der Waals surface area contributed by atoms with Gasteiger partial charge < -0.3 is 16.8 Å². The number of aryl methyl sites for hydroxylation is 1. The molecule has 6 N–H and O–H groups in total. The van der Waals surface area contributed by atoms with Crippen molar-refractivity contribution in [3.63, 3.8) is 0 Å². The SMILES string of the molecule is CN=C(N)[C@H](Cc1ccc(-n2c(=N)c3ncccc3n(C)c2=O)cn1)N=C(N)NC(C)(C)C. The zero-order chi connectivity index (χ0) is 24.3. The van der Waals surface area contributed by atoms with Crippen LogP contribution in [0.15, 0.2) is 51.4 Å². The van der Waals surface area contributed by atoms with Crippen LogP contribution in [0.5, 0.6) is 0 Å². The Labute approximate surface area is 191 Å². The van der Waals surface area contributed by atoms with Crippen molar-refractivity contribution in [2.45, 2.75) is 38.8 Å². The standard InChI is InChI=1S/C22H30N10O/c1-22(2,3)30-20(25)29-15(18(23)26-4)11-13-8-9-14(12-28-13)32-19(24)17-16(7-6-10-27-17)31(5)21(32)33/h6-10,12,15,24H,11H2,1-5H3,(H2,23,26)(H3,25,29,30)/t15-/m0/s1. The van der Waals surface area contributed by atoms with Crippen molar-refractivity contribution in [1.29, 1.82) is 5.41 Å². The molecule has 3 aromatic heterocycles. The molecule has 0 aliphatic rings. The Morgan fingerprint density at radius 1 is 1.24 bits per heavy atom. The first-order chi connectivity index (χ1) is 15.5. The molecule has 0 fully saturated rings. The van der Waals surface area contributed by atoms with Crippen LogP contribution < -0.4 is 28.0 Å². The first-order valence-corrected chi connectivity index (χ1v) is 10.4. The van der Waals surface area contributed by atoms with Crippen LogP contribution in [0.3, 0.4) is 0 Å². The molecule has 0 spiro atoms. The van der Waals surface area contributed by atoms with Gasteiger partial charge in [0.25, 0.3) is 0 Å². The molecule has 33 heavy (non-hydrogen) atoms. The third-order valence-electron chi connectivity index (χ3n) is 4.94. The number of aliphatic imine (C=N–C) groups is 2. The lowest BCUT2D eigenvalue weighted by molar-refractivity contribution is 0.507. The largest absolute Gasteiger partial charge is 0.386 e. The van der Waals surface area contributed by atoms with E-state index in [0.717, 1.165) is 0 Å². The highest BCUT2D eigenvalue weighted by Gasteiger charge is 2.17. The van der Waals surface area contributed by atoms with Crippen molar-refractivity contribution in [2.75, 3.05) is 7.05 Å². The number of nitrogens with one attached hydrogen (secondary N) is 2. The highest BCUT2D eigenvalue weighted by molar-refractivity contribution is 5.89. The molecule has 3 rings (SSSR count). The van der Waals surface area contributed by atoms with Crippen molar-refractivity contribution in [3.05, 3.63) is 58.3 Å². The van der Waals surface area contributed by atoms with E-state index in [2.05, 4.69) is 25.3 Å². The van der Waals surface area contributed by atoms with Crippen molar-refractivity contribution < 1.29 is 0 Å². The van der Waals surface area contributed by atoms with Gasteiger partial charge in [0.05, 0.1) is 17.4 Å². The van der Waals surface area contributed by atoms with E-state index in [1.807, 2.05) is 20.8 Å². The minimum Gasteiger partial charge on any atom is -0.386 e. The number of hydrogen-bond acceptors (Lipinski definition) is 6. The number of nitrogens with two attached hydrogens (primary N) is 2. The summed E-state index contributed by atoms with van der Waals surface area (Å²) in [6, 6.07) is 6.49. The lowest BCUT2D eigenvalue weighted by atomic mass is 10.1. The van der Waals surface area contributed by atoms with Gasteiger partial charge in [0.15, 0.2) is 11.4 Å². The van der Waals surface area contributed by atoms with Crippen LogP contribution in [0.2, 0.25) is 0 Å². The molecule has 0 aliphatic heterocycles. The molecule has 1 atom stereocenters. The lowest BCUT2D eigenvalue weighted by Crippen LogP contribution is -2.46. The second-order valence-electron chi connectivity index (χ2n) is 8.66. The number of aromatic nitrogens is 4. The summed E-state index contributed by atoms with van der Waals surface area (Å²) in [4.78, 5) is 30.2. The van der Waals surface area contributed by atoms with Crippen LogP contribution >= 0.6 is 0 Å². The summed E-state index contributed by atoms with van der Waals surface area (Å²) in [6.07, 6.45) is 3.50. The Hall–Kier alpha value is -4.02. The Morgan fingerprint density at radius 2 is 1.97 bits per heavy atom. The van der Waals surface area contributed by atoms with E-state index < -0.39 is 6.04 Å². The molecule has 0 unspecified atom stereocenters. The molecular weight excluding hydrogens is 420 g/mol. The van der Waals surface area contributed by atoms with Gasteiger partial charge >= 0.3 is 5.69 Å². The van der Waals surface area contributed by atoms with Gasteiger partial charge in [-0.25, -0.2) is 14.4 Å². The second-order valence-corrected chi connectivity index (χ2v) is 8.66. The monoisotopic (exact) mass is 450 g/mol. The number of rotatable bonds is 5. The molecule has 11 heteroatoms. The van der Waals surface area contributed by atoms with Gasteiger partial charge in [-0.15, -0.1) is 0 Å². The fourth-order valence-corrected chi connectivity index (χ4v) is 3.36. The molecule has 0 bridgehead atoms. The van der Waals surface area contributed by atoms with E-state index in [1.165, 1.54) is 9.13 Å².